The van der Waals surface area contributed by atoms with Crippen molar-refractivity contribution in [3.63, 3.8) is 0 Å². The molecule has 0 amide bonds. The van der Waals surface area contributed by atoms with Gasteiger partial charge in [-0.15, -0.1) is 0 Å². The van der Waals surface area contributed by atoms with Gasteiger partial charge in [-0.05, 0) is 18.6 Å². The van der Waals surface area contributed by atoms with Crippen molar-refractivity contribution in [2.45, 2.75) is 20.0 Å². The third-order valence-electron chi connectivity index (χ3n) is 2.18. The van der Waals surface area contributed by atoms with Crippen LogP contribution in [-0.4, -0.2) is 26.3 Å². The van der Waals surface area contributed by atoms with Gasteiger partial charge in [0.15, 0.2) is 0 Å². The molecular weight excluding hydrogens is 202 g/mol. The molecule has 16 heavy (non-hydrogen) atoms. The second kappa shape index (κ2) is 5.37. The highest BCUT2D eigenvalue weighted by molar-refractivity contribution is 4.99. The predicted molar refractivity (Wildman–Crippen MR) is 60.7 cm³/mol. The number of hydrogen-bond acceptors (Lipinski definition) is 4. The van der Waals surface area contributed by atoms with E-state index in [0.29, 0.717) is 6.54 Å². The molecule has 0 bridgehead atoms. The zero-order chi connectivity index (χ0) is 11.2. The monoisotopic (exact) mass is 217 g/mol. The predicted octanol–water partition coefficient (Wildman–Crippen LogP) is 0.771. The first-order valence-electron chi connectivity index (χ1n) is 5.30. The van der Waals surface area contributed by atoms with Crippen LogP contribution >= 0.6 is 0 Å². The largest absolute Gasteiger partial charge is 0.308 e. The summed E-state index contributed by atoms with van der Waals surface area (Å²) in [5.74, 6) is 0.819. The Morgan fingerprint density at radius 1 is 1.31 bits per heavy atom. The van der Waals surface area contributed by atoms with Gasteiger partial charge in [0.25, 0.3) is 0 Å². The minimum absolute atomic E-state index is 0.696. The minimum atomic E-state index is 0.696. The lowest BCUT2D eigenvalue weighted by Crippen LogP contribution is -2.20. The van der Waals surface area contributed by atoms with Crippen LogP contribution in [0.3, 0.4) is 0 Å². The maximum atomic E-state index is 4.21. The first-order chi connectivity index (χ1) is 7.84. The molecule has 0 radical (unpaired) electrons. The SMILES string of the molecule is Cc1cnn(CCNCc2ncccn2)c1. The molecule has 0 aromatic carbocycles. The molecule has 2 heterocycles. The van der Waals surface area contributed by atoms with Gasteiger partial charge in [-0.2, -0.15) is 5.10 Å². The Labute approximate surface area is 94.5 Å². The van der Waals surface area contributed by atoms with E-state index >= 15 is 0 Å². The van der Waals surface area contributed by atoms with E-state index in [1.54, 1.807) is 12.4 Å². The maximum Gasteiger partial charge on any atom is 0.141 e. The van der Waals surface area contributed by atoms with Crippen molar-refractivity contribution in [2.75, 3.05) is 6.54 Å². The van der Waals surface area contributed by atoms with E-state index in [1.807, 2.05) is 30.1 Å². The standard InChI is InChI=1S/C11H15N5/c1-10-7-15-16(9-10)6-5-12-8-11-13-3-2-4-14-11/h2-4,7,9,12H,5-6,8H2,1H3. The fourth-order valence-electron chi connectivity index (χ4n) is 1.40. The lowest BCUT2D eigenvalue weighted by atomic mass is 10.4. The van der Waals surface area contributed by atoms with Gasteiger partial charge in [0.05, 0.1) is 19.3 Å². The third kappa shape index (κ3) is 3.13. The Hall–Kier alpha value is -1.75. The lowest BCUT2D eigenvalue weighted by molar-refractivity contribution is 0.547. The minimum Gasteiger partial charge on any atom is -0.308 e. The molecule has 0 atom stereocenters. The molecule has 2 aromatic heterocycles. The van der Waals surface area contributed by atoms with Gasteiger partial charge in [-0.1, -0.05) is 0 Å². The number of aromatic nitrogens is 4. The van der Waals surface area contributed by atoms with Gasteiger partial charge in [-0.25, -0.2) is 9.97 Å². The first-order valence-corrected chi connectivity index (χ1v) is 5.30. The van der Waals surface area contributed by atoms with Crippen molar-refractivity contribution in [2.24, 2.45) is 0 Å². The molecule has 0 saturated heterocycles. The van der Waals surface area contributed by atoms with Crippen molar-refractivity contribution in [1.29, 1.82) is 0 Å². The Bertz CT molecular complexity index is 423. The van der Waals surface area contributed by atoms with Gasteiger partial charge in [0, 0.05) is 25.1 Å². The topological polar surface area (TPSA) is 55.6 Å². The quantitative estimate of drug-likeness (QED) is 0.752. The third-order valence-corrected chi connectivity index (χ3v) is 2.18. The summed E-state index contributed by atoms with van der Waals surface area (Å²) in [5, 5.41) is 7.48. The summed E-state index contributed by atoms with van der Waals surface area (Å²) in [6.45, 7) is 4.45. The summed E-state index contributed by atoms with van der Waals surface area (Å²) >= 11 is 0. The smallest absolute Gasteiger partial charge is 0.141 e. The van der Waals surface area contributed by atoms with Gasteiger partial charge >= 0.3 is 0 Å². The summed E-state index contributed by atoms with van der Waals surface area (Å²) in [4.78, 5) is 8.26. The molecule has 0 unspecified atom stereocenters. The Kier molecular flexibility index (Phi) is 3.61. The molecule has 84 valence electrons. The van der Waals surface area contributed by atoms with E-state index in [-0.39, 0.29) is 0 Å². The molecule has 0 aliphatic heterocycles. The van der Waals surface area contributed by atoms with E-state index in [4.69, 9.17) is 0 Å². The maximum absolute atomic E-state index is 4.21. The van der Waals surface area contributed by atoms with Crippen molar-refractivity contribution in [1.82, 2.24) is 25.1 Å². The highest BCUT2D eigenvalue weighted by atomic mass is 15.3. The van der Waals surface area contributed by atoms with E-state index in [0.717, 1.165) is 18.9 Å². The van der Waals surface area contributed by atoms with Crippen LogP contribution in [0.15, 0.2) is 30.9 Å². The Balaban J connectivity index is 1.69. The Morgan fingerprint density at radius 2 is 2.12 bits per heavy atom. The molecule has 5 heteroatoms. The van der Waals surface area contributed by atoms with E-state index in [2.05, 4.69) is 20.4 Å². The molecule has 0 fully saturated rings. The highest BCUT2D eigenvalue weighted by Crippen LogP contribution is 1.93. The zero-order valence-electron chi connectivity index (χ0n) is 9.30. The number of nitrogens with one attached hydrogen (secondary N) is 1. The van der Waals surface area contributed by atoms with Crippen LogP contribution in [0.1, 0.15) is 11.4 Å². The first kappa shape index (κ1) is 10.8. The number of rotatable bonds is 5. The molecule has 2 aromatic rings. The number of nitrogens with zero attached hydrogens (tertiary/aromatic N) is 4. The molecule has 0 aliphatic carbocycles. The highest BCUT2D eigenvalue weighted by Gasteiger charge is 1.95. The van der Waals surface area contributed by atoms with Crippen molar-refractivity contribution in [3.05, 3.63) is 42.2 Å². The van der Waals surface area contributed by atoms with Crippen LogP contribution in [0.2, 0.25) is 0 Å². The molecule has 1 N–H and O–H groups in total. The number of hydrogen-bond donors (Lipinski definition) is 1. The van der Waals surface area contributed by atoms with Crippen LogP contribution in [0.5, 0.6) is 0 Å². The van der Waals surface area contributed by atoms with Crippen LogP contribution in [0.4, 0.5) is 0 Å². The van der Waals surface area contributed by atoms with Gasteiger partial charge < -0.3 is 5.32 Å². The van der Waals surface area contributed by atoms with Crippen LogP contribution in [0.25, 0.3) is 0 Å². The van der Waals surface area contributed by atoms with Crippen molar-refractivity contribution >= 4 is 0 Å². The van der Waals surface area contributed by atoms with E-state index < -0.39 is 0 Å². The van der Waals surface area contributed by atoms with Crippen molar-refractivity contribution in [3.8, 4) is 0 Å². The second-order valence-corrected chi connectivity index (χ2v) is 3.62. The normalized spacial score (nSPS) is 10.6. The summed E-state index contributed by atoms with van der Waals surface area (Å²) in [6.07, 6.45) is 7.39. The van der Waals surface area contributed by atoms with Gasteiger partial charge in [0.1, 0.15) is 5.82 Å². The van der Waals surface area contributed by atoms with Crippen LogP contribution < -0.4 is 5.32 Å². The second-order valence-electron chi connectivity index (χ2n) is 3.62. The van der Waals surface area contributed by atoms with E-state index in [1.165, 1.54) is 5.56 Å². The summed E-state index contributed by atoms with van der Waals surface area (Å²) < 4.78 is 1.92. The summed E-state index contributed by atoms with van der Waals surface area (Å²) in [5.41, 5.74) is 1.19. The van der Waals surface area contributed by atoms with Crippen LogP contribution in [-0.2, 0) is 13.1 Å². The molecule has 5 nitrogen and oxygen atoms in total. The fourth-order valence-corrected chi connectivity index (χ4v) is 1.40. The summed E-state index contributed by atoms with van der Waals surface area (Å²) in [7, 11) is 0. The fraction of sp³-hybridized carbons (Fsp3) is 0.364. The Morgan fingerprint density at radius 3 is 2.81 bits per heavy atom. The van der Waals surface area contributed by atoms with Gasteiger partial charge in [0.2, 0.25) is 0 Å². The van der Waals surface area contributed by atoms with Crippen LogP contribution in [0, 0.1) is 6.92 Å². The molecule has 0 aliphatic rings. The van der Waals surface area contributed by atoms with Gasteiger partial charge in [-0.3, -0.25) is 4.68 Å². The average molecular weight is 217 g/mol. The average Bonchev–Trinajstić information content (AvgIpc) is 2.72. The summed E-state index contributed by atoms with van der Waals surface area (Å²) in [6, 6.07) is 1.82. The number of aryl methyl sites for hydroxylation is 1. The zero-order valence-corrected chi connectivity index (χ0v) is 9.30. The molecule has 0 spiro atoms. The van der Waals surface area contributed by atoms with E-state index in [9.17, 15) is 0 Å². The lowest BCUT2D eigenvalue weighted by Gasteiger charge is -2.03. The molecular formula is C11H15N5. The van der Waals surface area contributed by atoms with Crippen molar-refractivity contribution < 1.29 is 0 Å². The molecule has 2 rings (SSSR count). The molecule has 0 saturated carbocycles.